The van der Waals surface area contributed by atoms with E-state index in [4.69, 9.17) is 0 Å². The highest BCUT2D eigenvalue weighted by Crippen LogP contribution is 2.41. The van der Waals surface area contributed by atoms with Gasteiger partial charge >= 0.3 is 12.4 Å². The second kappa shape index (κ2) is 8.89. The summed E-state index contributed by atoms with van der Waals surface area (Å²) in [4.78, 5) is 15.1. The van der Waals surface area contributed by atoms with Gasteiger partial charge in [-0.05, 0) is 19.1 Å². The molecule has 1 aliphatic heterocycles. The van der Waals surface area contributed by atoms with Crippen molar-refractivity contribution in [3.63, 3.8) is 0 Å². The Hall–Kier alpha value is -2.56. The van der Waals surface area contributed by atoms with Gasteiger partial charge < -0.3 is 4.90 Å². The summed E-state index contributed by atoms with van der Waals surface area (Å²) in [5.74, 6) is -4.77. The van der Waals surface area contributed by atoms with Gasteiger partial charge in [-0.15, -0.1) is 0 Å². The SMILES string of the molecule is Cc1nn(-c2ccccc2)cc1CN1CCN(C(=O)CC(C(F)(F)F)C(F)(F)F)CC1. The fraction of sp³-hybridized carbons (Fsp3) is 0.500. The highest BCUT2D eigenvalue weighted by Gasteiger charge is 2.57. The molecule has 2 aromatic rings. The summed E-state index contributed by atoms with van der Waals surface area (Å²) < 4.78 is 78.0. The van der Waals surface area contributed by atoms with Crippen molar-refractivity contribution in [2.75, 3.05) is 26.2 Å². The zero-order valence-electron chi connectivity index (χ0n) is 16.7. The molecule has 1 fully saturated rings. The molecule has 3 rings (SSSR count). The molecule has 0 saturated carbocycles. The molecule has 5 nitrogen and oxygen atoms in total. The molecule has 0 bridgehead atoms. The van der Waals surface area contributed by atoms with Crippen molar-refractivity contribution in [3.8, 4) is 5.69 Å². The standard InChI is InChI=1S/C20H22F6N4O/c1-14-15(13-30(27-14)16-5-3-2-4-6-16)12-28-7-9-29(10-8-28)18(31)11-17(19(21,22)23)20(24,25)26/h2-6,13,17H,7-12H2,1H3. The molecule has 1 aromatic carbocycles. The average Bonchev–Trinajstić information content (AvgIpc) is 3.06. The Morgan fingerprint density at radius 3 is 2.13 bits per heavy atom. The van der Waals surface area contributed by atoms with Crippen molar-refractivity contribution in [3.05, 3.63) is 47.8 Å². The summed E-state index contributed by atoms with van der Waals surface area (Å²) in [7, 11) is 0. The number of rotatable bonds is 5. The molecule has 0 aliphatic carbocycles. The average molecular weight is 448 g/mol. The van der Waals surface area contributed by atoms with Crippen molar-refractivity contribution in [1.29, 1.82) is 0 Å². The maximum absolute atomic E-state index is 12.7. The first-order valence-electron chi connectivity index (χ1n) is 9.69. The summed E-state index contributed by atoms with van der Waals surface area (Å²) in [5.41, 5.74) is 2.68. The van der Waals surface area contributed by atoms with Crippen LogP contribution in [-0.4, -0.2) is 64.0 Å². The van der Waals surface area contributed by atoms with E-state index in [0.29, 0.717) is 19.6 Å². The van der Waals surface area contributed by atoms with Gasteiger partial charge in [-0.1, -0.05) is 18.2 Å². The third kappa shape index (κ3) is 5.78. The molecule has 0 N–H and O–H groups in total. The van der Waals surface area contributed by atoms with Crippen LogP contribution in [0.25, 0.3) is 5.69 Å². The van der Waals surface area contributed by atoms with Gasteiger partial charge in [-0.2, -0.15) is 31.4 Å². The molecule has 0 spiro atoms. The Morgan fingerprint density at radius 2 is 1.58 bits per heavy atom. The van der Waals surface area contributed by atoms with Gasteiger partial charge in [-0.25, -0.2) is 4.68 Å². The predicted molar refractivity (Wildman–Crippen MR) is 100 cm³/mol. The topological polar surface area (TPSA) is 41.4 Å². The minimum absolute atomic E-state index is 0.0765. The molecule has 11 heteroatoms. The summed E-state index contributed by atoms with van der Waals surface area (Å²) >= 11 is 0. The van der Waals surface area contributed by atoms with Gasteiger partial charge in [0.2, 0.25) is 5.91 Å². The smallest absolute Gasteiger partial charge is 0.340 e. The van der Waals surface area contributed by atoms with E-state index in [1.807, 2.05) is 48.4 Å². The number of carbonyl (C=O) groups is 1. The molecule has 2 heterocycles. The predicted octanol–water partition coefficient (Wildman–Crippen LogP) is 3.96. The summed E-state index contributed by atoms with van der Waals surface area (Å²) in [6, 6.07) is 9.51. The second-order valence-corrected chi connectivity index (χ2v) is 7.52. The fourth-order valence-corrected chi connectivity index (χ4v) is 3.48. The van der Waals surface area contributed by atoms with E-state index in [-0.39, 0.29) is 13.1 Å². The lowest BCUT2D eigenvalue weighted by atomic mass is 10.0. The van der Waals surface area contributed by atoms with E-state index < -0.39 is 30.6 Å². The maximum Gasteiger partial charge on any atom is 0.400 e. The van der Waals surface area contributed by atoms with E-state index in [1.165, 1.54) is 0 Å². The number of amides is 1. The van der Waals surface area contributed by atoms with Crippen LogP contribution in [0.5, 0.6) is 0 Å². The second-order valence-electron chi connectivity index (χ2n) is 7.52. The van der Waals surface area contributed by atoms with Crippen molar-refractivity contribution >= 4 is 5.91 Å². The van der Waals surface area contributed by atoms with Crippen LogP contribution in [0.2, 0.25) is 0 Å². The lowest BCUT2D eigenvalue weighted by molar-refractivity contribution is -0.284. The molecule has 0 atom stereocenters. The molecule has 1 aromatic heterocycles. The Morgan fingerprint density at radius 1 is 1.00 bits per heavy atom. The zero-order chi connectivity index (χ0) is 22.8. The Bertz CT molecular complexity index is 871. The van der Waals surface area contributed by atoms with Crippen LogP contribution in [0, 0.1) is 12.8 Å². The van der Waals surface area contributed by atoms with Gasteiger partial charge in [0.25, 0.3) is 0 Å². The van der Waals surface area contributed by atoms with Crippen LogP contribution in [-0.2, 0) is 11.3 Å². The van der Waals surface area contributed by atoms with Gasteiger partial charge in [0.15, 0.2) is 5.92 Å². The van der Waals surface area contributed by atoms with E-state index in [2.05, 4.69) is 5.10 Å². The number of nitrogens with zero attached hydrogens (tertiary/aromatic N) is 4. The quantitative estimate of drug-likeness (QED) is 0.651. The van der Waals surface area contributed by atoms with Crippen molar-refractivity contribution in [1.82, 2.24) is 19.6 Å². The number of alkyl halides is 6. The van der Waals surface area contributed by atoms with Crippen molar-refractivity contribution in [2.45, 2.75) is 32.2 Å². The Kier molecular flexibility index (Phi) is 6.63. The molecule has 0 radical (unpaired) electrons. The first-order chi connectivity index (χ1) is 14.4. The third-order valence-electron chi connectivity index (χ3n) is 5.31. The molecule has 1 saturated heterocycles. The van der Waals surface area contributed by atoms with Gasteiger partial charge in [0.05, 0.1) is 11.4 Å². The van der Waals surface area contributed by atoms with E-state index in [0.717, 1.165) is 21.8 Å². The van der Waals surface area contributed by atoms with Gasteiger partial charge in [0, 0.05) is 50.9 Å². The lowest BCUT2D eigenvalue weighted by Gasteiger charge is -2.35. The summed E-state index contributed by atoms with van der Waals surface area (Å²) in [5, 5.41) is 4.48. The fourth-order valence-electron chi connectivity index (χ4n) is 3.48. The number of benzene rings is 1. The zero-order valence-corrected chi connectivity index (χ0v) is 16.7. The lowest BCUT2D eigenvalue weighted by Crippen LogP contribution is -2.50. The number of hydrogen-bond donors (Lipinski definition) is 0. The number of para-hydroxylation sites is 1. The highest BCUT2D eigenvalue weighted by atomic mass is 19.4. The van der Waals surface area contributed by atoms with Crippen LogP contribution >= 0.6 is 0 Å². The molecule has 1 aliphatic rings. The minimum Gasteiger partial charge on any atom is -0.340 e. The number of carbonyl (C=O) groups excluding carboxylic acids is 1. The van der Waals surface area contributed by atoms with Crippen LogP contribution in [0.4, 0.5) is 26.3 Å². The summed E-state index contributed by atoms with van der Waals surface area (Å²) in [6.07, 6.45) is -10.7. The number of piperazine rings is 1. The number of aryl methyl sites for hydroxylation is 1. The monoisotopic (exact) mass is 448 g/mol. The number of halogens is 6. The van der Waals surface area contributed by atoms with Crippen LogP contribution in [0.15, 0.2) is 36.5 Å². The molecule has 31 heavy (non-hydrogen) atoms. The molecular formula is C20H22F6N4O. The normalized spacial score (nSPS) is 16.2. The van der Waals surface area contributed by atoms with E-state index in [9.17, 15) is 31.1 Å². The molecule has 170 valence electrons. The Balaban J connectivity index is 1.56. The van der Waals surface area contributed by atoms with E-state index >= 15 is 0 Å². The largest absolute Gasteiger partial charge is 0.400 e. The number of hydrogen-bond acceptors (Lipinski definition) is 3. The third-order valence-corrected chi connectivity index (χ3v) is 5.31. The van der Waals surface area contributed by atoms with E-state index in [1.54, 1.807) is 4.68 Å². The maximum atomic E-state index is 12.7. The first kappa shape index (κ1) is 23.1. The van der Waals surface area contributed by atoms with Gasteiger partial charge in [0.1, 0.15) is 0 Å². The summed E-state index contributed by atoms with van der Waals surface area (Å²) in [6.45, 7) is 3.24. The molecule has 0 unspecified atom stereocenters. The van der Waals surface area contributed by atoms with Crippen molar-refractivity contribution < 1.29 is 31.1 Å². The van der Waals surface area contributed by atoms with Crippen LogP contribution < -0.4 is 0 Å². The minimum atomic E-state index is -5.51. The first-order valence-corrected chi connectivity index (χ1v) is 9.69. The van der Waals surface area contributed by atoms with Crippen LogP contribution in [0.1, 0.15) is 17.7 Å². The molecular weight excluding hydrogens is 426 g/mol. The van der Waals surface area contributed by atoms with Gasteiger partial charge in [-0.3, -0.25) is 9.69 Å². The Labute approximate surface area is 175 Å². The van der Waals surface area contributed by atoms with Crippen LogP contribution in [0.3, 0.4) is 0 Å². The van der Waals surface area contributed by atoms with Crippen molar-refractivity contribution in [2.24, 2.45) is 5.92 Å². The number of aromatic nitrogens is 2. The highest BCUT2D eigenvalue weighted by molar-refractivity contribution is 5.76. The molecule has 1 amide bonds.